The van der Waals surface area contributed by atoms with Crippen molar-refractivity contribution in [2.75, 3.05) is 19.6 Å². The molecule has 0 aromatic carbocycles. The van der Waals surface area contributed by atoms with E-state index in [2.05, 4.69) is 15.6 Å². The molecular weight excluding hydrogens is 216 g/mol. The smallest absolute Gasteiger partial charge is 0.221 e. The van der Waals surface area contributed by atoms with E-state index in [-0.39, 0.29) is 5.91 Å². The number of hydrogen-bond acceptors (Lipinski definition) is 3. The summed E-state index contributed by atoms with van der Waals surface area (Å²) in [4.78, 5) is 15.6. The molecule has 0 saturated carbocycles. The van der Waals surface area contributed by atoms with Crippen LogP contribution in [0.3, 0.4) is 0 Å². The first kappa shape index (κ1) is 12.1. The zero-order valence-corrected chi connectivity index (χ0v) is 10.1. The van der Waals surface area contributed by atoms with E-state index < -0.39 is 0 Å². The van der Waals surface area contributed by atoms with Gasteiger partial charge in [-0.3, -0.25) is 4.79 Å². The molecule has 2 N–H and O–H groups in total. The van der Waals surface area contributed by atoms with Crippen molar-refractivity contribution in [1.29, 1.82) is 0 Å². The minimum absolute atomic E-state index is 0.136. The number of amides is 1. The van der Waals surface area contributed by atoms with E-state index in [0.29, 0.717) is 18.9 Å². The van der Waals surface area contributed by atoms with Gasteiger partial charge in [0.05, 0.1) is 6.33 Å². The molecule has 17 heavy (non-hydrogen) atoms. The Labute approximate surface area is 102 Å². The van der Waals surface area contributed by atoms with Crippen LogP contribution in [0, 0.1) is 5.92 Å². The van der Waals surface area contributed by atoms with Crippen molar-refractivity contribution in [2.45, 2.75) is 25.8 Å². The third-order valence-electron chi connectivity index (χ3n) is 3.20. The number of nitrogens with one attached hydrogen (secondary N) is 2. The lowest BCUT2D eigenvalue weighted by Crippen LogP contribution is -2.36. The van der Waals surface area contributed by atoms with Crippen LogP contribution in [0.5, 0.6) is 0 Å². The molecule has 0 bridgehead atoms. The van der Waals surface area contributed by atoms with Crippen LogP contribution in [0.1, 0.15) is 19.3 Å². The van der Waals surface area contributed by atoms with Gasteiger partial charge in [-0.25, -0.2) is 4.98 Å². The highest BCUT2D eigenvalue weighted by atomic mass is 16.1. The van der Waals surface area contributed by atoms with Gasteiger partial charge in [0.15, 0.2) is 0 Å². The van der Waals surface area contributed by atoms with Gasteiger partial charge < -0.3 is 15.2 Å². The molecule has 1 aliphatic rings. The molecule has 0 radical (unpaired) electrons. The molecule has 5 heteroatoms. The Hall–Kier alpha value is -1.36. The number of hydrogen-bond donors (Lipinski definition) is 2. The Bertz CT molecular complexity index is 330. The van der Waals surface area contributed by atoms with Crippen molar-refractivity contribution < 1.29 is 4.79 Å². The molecule has 0 unspecified atom stereocenters. The van der Waals surface area contributed by atoms with Gasteiger partial charge in [-0.05, 0) is 31.8 Å². The Morgan fingerprint density at radius 2 is 2.29 bits per heavy atom. The van der Waals surface area contributed by atoms with E-state index in [1.165, 1.54) is 12.8 Å². The Kier molecular flexibility index (Phi) is 4.55. The Morgan fingerprint density at radius 3 is 3.00 bits per heavy atom. The quantitative estimate of drug-likeness (QED) is 0.777. The molecule has 1 fully saturated rings. The number of rotatable bonds is 5. The van der Waals surface area contributed by atoms with Crippen LogP contribution in [0.4, 0.5) is 0 Å². The number of aromatic nitrogens is 2. The molecule has 1 aliphatic heterocycles. The predicted molar refractivity (Wildman–Crippen MR) is 65.4 cm³/mol. The minimum Gasteiger partial charge on any atom is -0.356 e. The van der Waals surface area contributed by atoms with Crippen LogP contribution in [-0.2, 0) is 11.3 Å². The molecular formula is C12H20N4O. The van der Waals surface area contributed by atoms with Gasteiger partial charge in [0.25, 0.3) is 0 Å². The van der Waals surface area contributed by atoms with Crippen molar-refractivity contribution in [3.05, 3.63) is 18.7 Å². The first-order valence-electron chi connectivity index (χ1n) is 6.28. The van der Waals surface area contributed by atoms with Crippen LogP contribution in [-0.4, -0.2) is 35.1 Å². The summed E-state index contributed by atoms with van der Waals surface area (Å²) in [6.45, 7) is 3.69. The van der Waals surface area contributed by atoms with E-state index in [4.69, 9.17) is 0 Å². The molecule has 0 atom stereocenters. The second-order valence-electron chi connectivity index (χ2n) is 4.55. The lowest BCUT2D eigenvalue weighted by Gasteiger charge is -2.22. The predicted octanol–water partition coefficient (Wildman–Crippen LogP) is 0.389. The highest BCUT2D eigenvalue weighted by molar-refractivity contribution is 5.75. The summed E-state index contributed by atoms with van der Waals surface area (Å²) < 4.78 is 1.92. The highest BCUT2D eigenvalue weighted by Gasteiger charge is 2.13. The first-order valence-corrected chi connectivity index (χ1v) is 6.28. The van der Waals surface area contributed by atoms with Gasteiger partial charge in [0, 0.05) is 31.9 Å². The van der Waals surface area contributed by atoms with Gasteiger partial charge in [-0.2, -0.15) is 0 Å². The maximum atomic E-state index is 11.6. The normalized spacial score (nSPS) is 16.9. The van der Waals surface area contributed by atoms with Gasteiger partial charge in [0.2, 0.25) is 5.91 Å². The van der Waals surface area contributed by atoms with Crippen LogP contribution in [0.15, 0.2) is 18.7 Å². The summed E-state index contributed by atoms with van der Waals surface area (Å²) in [5.74, 6) is 0.783. The van der Waals surface area contributed by atoms with Gasteiger partial charge in [0.1, 0.15) is 0 Å². The van der Waals surface area contributed by atoms with Crippen molar-refractivity contribution in [3.8, 4) is 0 Å². The van der Waals surface area contributed by atoms with Crippen LogP contribution in [0.25, 0.3) is 0 Å². The number of carbonyl (C=O) groups excluding carboxylic acids is 1. The van der Waals surface area contributed by atoms with Crippen molar-refractivity contribution in [2.24, 2.45) is 5.92 Å². The lowest BCUT2D eigenvalue weighted by molar-refractivity contribution is -0.121. The van der Waals surface area contributed by atoms with Gasteiger partial charge in [-0.1, -0.05) is 0 Å². The van der Waals surface area contributed by atoms with Crippen molar-refractivity contribution >= 4 is 5.91 Å². The standard InChI is InChI=1S/C12H20N4O/c17-12(3-7-16-8-6-14-10-16)15-9-11-1-4-13-5-2-11/h6,8,10-11,13H,1-5,7,9H2,(H,15,17). The summed E-state index contributed by atoms with van der Waals surface area (Å²) in [6.07, 6.45) is 8.21. The lowest BCUT2D eigenvalue weighted by atomic mass is 9.98. The number of carbonyl (C=O) groups is 1. The van der Waals surface area contributed by atoms with Crippen LogP contribution >= 0.6 is 0 Å². The second kappa shape index (κ2) is 6.39. The maximum Gasteiger partial charge on any atom is 0.221 e. The minimum atomic E-state index is 0.136. The number of piperidine rings is 1. The molecule has 94 valence electrons. The molecule has 1 aromatic heterocycles. The topological polar surface area (TPSA) is 59.0 Å². The van der Waals surface area contributed by atoms with Crippen LogP contribution in [0.2, 0.25) is 0 Å². The molecule has 2 rings (SSSR count). The average Bonchev–Trinajstić information content (AvgIpc) is 2.88. The van der Waals surface area contributed by atoms with E-state index in [1.807, 2.05) is 10.8 Å². The van der Waals surface area contributed by atoms with Crippen LogP contribution < -0.4 is 10.6 Å². The van der Waals surface area contributed by atoms with Crippen molar-refractivity contribution in [3.63, 3.8) is 0 Å². The summed E-state index contributed by atoms with van der Waals surface area (Å²) in [7, 11) is 0. The highest BCUT2D eigenvalue weighted by Crippen LogP contribution is 2.09. The Balaban J connectivity index is 1.60. The average molecular weight is 236 g/mol. The SMILES string of the molecule is O=C(CCn1ccnc1)NCC1CCNCC1. The van der Waals surface area contributed by atoms with E-state index in [1.54, 1.807) is 12.5 Å². The number of imidazole rings is 1. The largest absolute Gasteiger partial charge is 0.356 e. The fourth-order valence-electron chi connectivity index (χ4n) is 2.08. The van der Waals surface area contributed by atoms with Gasteiger partial charge in [-0.15, -0.1) is 0 Å². The number of nitrogens with zero attached hydrogens (tertiary/aromatic N) is 2. The molecule has 1 saturated heterocycles. The zero-order chi connectivity index (χ0) is 11.9. The second-order valence-corrected chi connectivity index (χ2v) is 4.55. The molecule has 1 aromatic rings. The summed E-state index contributed by atoms with van der Waals surface area (Å²) in [5, 5.41) is 6.34. The third kappa shape index (κ3) is 4.19. The fraction of sp³-hybridized carbons (Fsp3) is 0.667. The zero-order valence-electron chi connectivity index (χ0n) is 10.1. The molecule has 0 spiro atoms. The monoisotopic (exact) mass is 236 g/mol. The molecule has 1 amide bonds. The summed E-state index contributed by atoms with van der Waals surface area (Å²) in [5.41, 5.74) is 0. The fourth-order valence-corrected chi connectivity index (χ4v) is 2.08. The Morgan fingerprint density at radius 1 is 1.47 bits per heavy atom. The van der Waals surface area contributed by atoms with Crippen molar-refractivity contribution in [1.82, 2.24) is 20.2 Å². The molecule has 2 heterocycles. The maximum absolute atomic E-state index is 11.6. The summed E-state index contributed by atoms with van der Waals surface area (Å²) in [6, 6.07) is 0. The van der Waals surface area contributed by atoms with E-state index >= 15 is 0 Å². The van der Waals surface area contributed by atoms with E-state index in [0.717, 1.165) is 19.6 Å². The van der Waals surface area contributed by atoms with Gasteiger partial charge >= 0.3 is 0 Å². The first-order chi connectivity index (χ1) is 8.34. The third-order valence-corrected chi connectivity index (χ3v) is 3.20. The number of aryl methyl sites for hydroxylation is 1. The summed E-state index contributed by atoms with van der Waals surface area (Å²) >= 11 is 0. The molecule has 5 nitrogen and oxygen atoms in total. The molecule has 0 aliphatic carbocycles. The van der Waals surface area contributed by atoms with E-state index in [9.17, 15) is 4.79 Å².